The van der Waals surface area contributed by atoms with Crippen LogP contribution in [0.15, 0.2) is 24.3 Å². The molecule has 0 spiro atoms. The molecule has 1 amide bonds. The Morgan fingerprint density at radius 1 is 0.780 bits per heavy atom. The first-order valence-corrected chi connectivity index (χ1v) is 15.9. The van der Waals surface area contributed by atoms with Crippen molar-refractivity contribution in [2.75, 3.05) is 0 Å². The van der Waals surface area contributed by atoms with Crippen molar-refractivity contribution in [2.24, 2.45) is 22.7 Å². The number of thiophene rings is 2. The maximum absolute atomic E-state index is 11.5. The van der Waals surface area contributed by atoms with Crippen LogP contribution in [-0.4, -0.2) is 32.2 Å². The minimum absolute atomic E-state index is 0.309. The van der Waals surface area contributed by atoms with Crippen molar-refractivity contribution in [1.82, 2.24) is 15.4 Å². The molecule has 4 heterocycles. The molecule has 2 aliphatic rings. The number of fused-ring (bicyclic) bond motifs is 4. The highest BCUT2D eigenvalue weighted by atomic mass is 32.1. The molecule has 0 aliphatic heterocycles. The van der Waals surface area contributed by atoms with Gasteiger partial charge in [-0.15, -0.1) is 22.7 Å². The predicted molar refractivity (Wildman–Crippen MR) is 165 cm³/mol. The summed E-state index contributed by atoms with van der Waals surface area (Å²) in [5, 5.41) is 19.8. The van der Waals surface area contributed by atoms with Crippen LogP contribution < -0.4 is 5.48 Å². The number of carboxylic acids is 1. The summed E-state index contributed by atoms with van der Waals surface area (Å²) in [6.07, 6.45) is 6.47. The quantitative estimate of drug-likeness (QED) is 0.162. The third-order valence-electron chi connectivity index (χ3n) is 8.73. The van der Waals surface area contributed by atoms with Crippen LogP contribution in [0.25, 0.3) is 20.4 Å². The molecule has 2 aliphatic carbocycles. The Hall–Kier alpha value is -2.88. The fourth-order valence-corrected chi connectivity index (χ4v) is 7.79. The monoisotopic (exact) mass is 593 g/mol. The summed E-state index contributed by atoms with van der Waals surface area (Å²) < 4.78 is 0. The van der Waals surface area contributed by atoms with E-state index in [2.05, 4.69) is 53.7 Å². The van der Waals surface area contributed by atoms with E-state index >= 15 is 0 Å². The highest BCUT2D eigenvalue weighted by molar-refractivity contribution is 7.20. The maximum atomic E-state index is 11.5. The number of amides is 1. The first-order chi connectivity index (χ1) is 19.2. The average molecular weight is 594 g/mol. The van der Waals surface area contributed by atoms with Crippen LogP contribution in [0.3, 0.4) is 0 Å². The number of aromatic carboxylic acids is 1. The maximum Gasteiger partial charge on any atom is 0.345 e. The SMILES string of the molecule is CC(C)(C)C1CCc2nc3sc(C(=O)NO)cc3cc2C1.CC(C)(C)C1CCc2nc3sc(C(=O)O)cc3cc2C1. The van der Waals surface area contributed by atoms with Gasteiger partial charge in [-0.2, -0.15) is 0 Å². The summed E-state index contributed by atoms with van der Waals surface area (Å²) in [5.41, 5.74) is 7.25. The highest BCUT2D eigenvalue weighted by Crippen LogP contribution is 2.40. The van der Waals surface area contributed by atoms with Gasteiger partial charge in [0, 0.05) is 22.2 Å². The van der Waals surface area contributed by atoms with Crippen LogP contribution in [-0.2, 0) is 25.7 Å². The zero-order valence-electron chi connectivity index (χ0n) is 24.6. The van der Waals surface area contributed by atoms with E-state index in [9.17, 15) is 9.59 Å². The Labute approximate surface area is 249 Å². The molecule has 3 N–H and O–H groups in total. The summed E-state index contributed by atoms with van der Waals surface area (Å²) in [5.74, 6) is 0.0111. The number of aromatic nitrogens is 2. The van der Waals surface area contributed by atoms with Crippen molar-refractivity contribution in [3.63, 3.8) is 0 Å². The molecule has 0 aromatic carbocycles. The number of hydroxylamine groups is 1. The molecular formula is C32H39N3O4S2. The lowest BCUT2D eigenvalue weighted by molar-refractivity contribution is 0.0698. The van der Waals surface area contributed by atoms with E-state index in [1.807, 2.05) is 0 Å². The second kappa shape index (κ2) is 11.1. The number of hydrogen-bond acceptors (Lipinski definition) is 7. The van der Waals surface area contributed by atoms with E-state index < -0.39 is 11.9 Å². The van der Waals surface area contributed by atoms with Crippen LogP contribution in [0.2, 0.25) is 0 Å². The minimum atomic E-state index is -0.862. The van der Waals surface area contributed by atoms with E-state index in [0.29, 0.717) is 32.4 Å². The fraction of sp³-hybridized carbons (Fsp3) is 0.500. The third kappa shape index (κ3) is 6.32. The van der Waals surface area contributed by atoms with Crippen molar-refractivity contribution in [3.8, 4) is 0 Å². The third-order valence-corrected chi connectivity index (χ3v) is 10.8. The van der Waals surface area contributed by atoms with Gasteiger partial charge in [0.1, 0.15) is 14.5 Å². The van der Waals surface area contributed by atoms with Gasteiger partial charge in [-0.25, -0.2) is 20.2 Å². The number of aryl methyl sites for hydroxylation is 2. The molecule has 0 radical (unpaired) electrons. The molecule has 0 saturated heterocycles. The lowest BCUT2D eigenvalue weighted by Gasteiger charge is -2.34. The zero-order chi connectivity index (χ0) is 29.7. The van der Waals surface area contributed by atoms with E-state index in [4.69, 9.17) is 20.3 Å². The Morgan fingerprint density at radius 2 is 1.22 bits per heavy atom. The number of carbonyl (C=O) groups is 2. The molecule has 4 aromatic heterocycles. The molecule has 2 atom stereocenters. The fourth-order valence-electron chi connectivity index (χ4n) is 6.00. The minimum Gasteiger partial charge on any atom is -0.477 e. The lowest BCUT2D eigenvalue weighted by atomic mass is 9.71. The summed E-state index contributed by atoms with van der Waals surface area (Å²) in [7, 11) is 0. The standard InChI is InChI=1S/C16H20N2O2S.C16H19NO2S/c1-16(2,3)11-4-5-12-9(7-11)6-10-8-13(14(19)18-20)21-15(10)17-12;1-16(2,3)11-4-5-12-9(7-11)6-10-8-13(15(18)19)20-14(10)17-12/h6,8,11,20H,4-5,7H2,1-3H3,(H,18,19);6,8,11H,4-5,7H2,1-3H3,(H,18,19). The van der Waals surface area contributed by atoms with Gasteiger partial charge in [-0.1, -0.05) is 41.5 Å². The van der Waals surface area contributed by atoms with E-state index in [0.717, 1.165) is 51.8 Å². The Morgan fingerprint density at radius 3 is 1.63 bits per heavy atom. The second-order valence-electron chi connectivity index (χ2n) is 13.6. The average Bonchev–Trinajstić information content (AvgIpc) is 3.52. The van der Waals surface area contributed by atoms with E-state index in [1.54, 1.807) is 17.6 Å². The molecule has 0 fully saturated rings. The molecule has 6 rings (SSSR count). The van der Waals surface area contributed by atoms with Crippen molar-refractivity contribution in [3.05, 3.63) is 56.5 Å². The van der Waals surface area contributed by atoms with Gasteiger partial charge in [0.15, 0.2) is 0 Å². The molecule has 9 heteroatoms. The Balaban J connectivity index is 0.000000165. The van der Waals surface area contributed by atoms with Crippen molar-refractivity contribution in [1.29, 1.82) is 0 Å². The molecule has 4 aromatic rings. The van der Waals surface area contributed by atoms with Gasteiger partial charge >= 0.3 is 5.97 Å². The van der Waals surface area contributed by atoms with Crippen LogP contribution in [0.5, 0.6) is 0 Å². The van der Waals surface area contributed by atoms with E-state index in [-0.39, 0.29) is 0 Å². The van der Waals surface area contributed by atoms with Crippen LogP contribution >= 0.6 is 22.7 Å². The largest absolute Gasteiger partial charge is 0.477 e. The first kappa shape index (κ1) is 29.6. The molecule has 7 nitrogen and oxygen atoms in total. The topological polar surface area (TPSA) is 112 Å². The summed E-state index contributed by atoms with van der Waals surface area (Å²) in [6, 6.07) is 7.87. The summed E-state index contributed by atoms with van der Waals surface area (Å²) in [6.45, 7) is 13.8. The highest BCUT2D eigenvalue weighted by Gasteiger charge is 2.31. The first-order valence-electron chi connectivity index (χ1n) is 14.3. The van der Waals surface area contributed by atoms with Crippen molar-refractivity contribution < 1.29 is 19.9 Å². The molecule has 0 bridgehead atoms. The second-order valence-corrected chi connectivity index (χ2v) is 15.6. The van der Waals surface area contributed by atoms with Gasteiger partial charge in [0.2, 0.25) is 0 Å². The number of hydrogen-bond donors (Lipinski definition) is 3. The van der Waals surface area contributed by atoms with Crippen LogP contribution in [0.4, 0.5) is 0 Å². The molecule has 0 saturated carbocycles. The summed E-state index contributed by atoms with van der Waals surface area (Å²) in [4.78, 5) is 34.6. The van der Waals surface area contributed by atoms with Crippen LogP contribution in [0, 0.1) is 22.7 Å². The number of pyridine rings is 2. The van der Waals surface area contributed by atoms with Gasteiger partial charge < -0.3 is 5.11 Å². The predicted octanol–water partition coefficient (Wildman–Crippen LogP) is 7.71. The smallest absolute Gasteiger partial charge is 0.345 e. The number of rotatable bonds is 2. The zero-order valence-corrected chi connectivity index (χ0v) is 26.3. The van der Waals surface area contributed by atoms with Crippen molar-refractivity contribution >= 4 is 55.0 Å². The number of carboxylic acid groups (broad SMARTS) is 1. The number of carbonyl (C=O) groups excluding carboxylic acids is 1. The van der Waals surface area contributed by atoms with Gasteiger partial charge in [-0.05, 0) is 96.6 Å². The Bertz CT molecular complexity index is 1620. The lowest BCUT2D eigenvalue weighted by Crippen LogP contribution is -2.27. The van der Waals surface area contributed by atoms with Crippen molar-refractivity contribution in [2.45, 2.75) is 80.1 Å². The molecule has 218 valence electrons. The van der Waals surface area contributed by atoms with Crippen LogP contribution in [0.1, 0.15) is 96.2 Å². The van der Waals surface area contributed by atoms with Gasteiger partial charge in [0.25, 0.3) is 5.91 Å². The normalized spacial score (nSPS) is 18.8. The number of nitrogens with zero attached hydrogens (tertiary/aromatic N) is 2. The number of nitrogens with one attached hydrogen (secondary N) is 1. The molecule has 41 heavy (non-hydrogen) atoms. The molecular weight excluding hydrogens is 555 g/mol. The van der Waals surface area contributed by atoms with E-state index in [1.165, 1.54) is 52.3 Å². The summed E-state index contributed by atoms with van der Waals surface area (Å²) >= 11 is 2.60. The molecule has 2 unspecified atom stereocenters. The van der Waals surface area contributed by atoms with Gasteiger partial charge in [0.05, 0.1) is 4.88 Å². The Kier molecular flexibility index (Phi) is 8.00. The van der Waals surface area contributed by atoms with Gasteiger partial charge in [-0.3, -0.25) is 10.0 Å².